The summed E-state index contributed by atoms with van der Waals surface area (Å²) in [4.78, 5) is 12.0. The van der Waals surface area contributed by atoms with E-state index in [0.717, 1.165) is 29.4 Å². The normalized spacial score (nSPS) is 16.7. The highest BCUT2D eigenvalue weighted by atomic mass is 32.2. The molecule has 6 heteroatoms. The number of carbonyl (C=O) groups excluding carboxylic acids is 1. The molecular formula is C12H19N3OS2. The molecule has 100 valence electrons. The average Bonchev–Trinajstić information content (AvgIpc) is 2.85. The molecule has 0 aromatic carbocycles. The number of carbonyl (C=O) groups is 1. The Kier molecular flexibility index (Phi) is 5.44. The van der Waals surface area contributed by atoms with Crippen molar-refractivity contribution in [2.24, 2.45) is 5.92 Å². The highest BCUT2D eigenvalue weighted by Crippen LogP contribution is 2.28. The summed E-state index contributed by atoms with van der Waals surface area (Å²) in [6.07, 6.45) is 6.76. The van der Waals surface area contributed by atoms with Gasteiger partial charge in [0.1, 0.15) is 0 Å². The quantitative estimate of drug-likeness (QED) is 0.664. The first-order valence-corrected chi connectivity index (χ1v) is 8.37. The second kappa shape index (κ2) is 7.09. The molecule has 2 rings (SSSR count). The molecule has 0 saturated heterocycles. The zero-order valence-electron chi connectivity index (χ0n) is 10.6. The van der Waals surface area contributed by atoms with E-state index in [9.17, 15) is 4.79 Å². The molecule has 1 aromatic rings. The predicted molar refractivity (Wildman–Crippen MR) is 76.1 cm³/mol. The Bertz CT molecular complexity index is 388. The van der Waals surface area contributed by atoms with Gasteiger partial charge in [-0.1, -0.05) is 49.3 Å². The van der Waals surface area contributed by atoms with E-state index in [-0.39, 0.29) is 11.8 Å². The van der Waals surface area contributed by atoms with Crippen molar-refractivity contribution in [1.82, 2.24) is 10.2 Å². The maximum Gasteiger partial charge on any atom is 0.229 e. The van der Waals surface area contributed by atoms with E-state index in [0.29, 0.717) is 5.13 Å². The van der Waals surface area contributed by atoms with Crippen LogP contribution < -0.4 is 5.32 Å². The van der Waals surface area contributed by atoms with Crippen LogP contribution in [0.1, 0.15) is 45.4 Å². The van der Waals surface area contributed by atoms with E-state index in [1.54, 1.807) is 11.8 Å². The van der Waals surface area contributed by atoms with Crippen LogP contribution in [-0.2, 0) is 4.79 Å². The predicted octanol–water partition coefficient (Wildman–Crippen LogP) is 3.56. The van der Waals surface area contributed by atoms with Gasteiger partial charge in [-0.25, -0.2) is 0 Å². The number of hydrogen-bond acceptors (Lipinski definition) is 5. The van der Waals surface area contributed by atoms with E-state index in [4.69, 9.17) is 0 Å². The zero-order valence-corrected chi connectivity index (χ0v) is 12.3. The highest BCUT2D eigenvalue weighted by Gasteiger charge is 2.22. The second-order valence-electron chi connectivity index (χ2n) is 4.55. The van der Waals surface area contributed by atoms with Crippen molar-refractivity contribution >= 4 is 34.1 Å². The number of thioether (sulfide) groups is 1. The Morgan fingerprint density at radius 1 is 1.39 bits per heavy atom. The molecule has 0 aliphatic heterocycles. The molecule has 1 aliphatic carbocycles. The van der Waals surface area contributed by atoms with E-state index < -0.39 is 0 Å². The fourth-order valence-electron chi connectivity index (χ4n) is 2.08. The lowest BCUT2D eigenvalue weighted by molar-refractivity contribution is -0.120. The summed E-state index contributed by atoms with van der Waals surface area (Å²) < 4.78 is 0.941. The SMILES string of the molecule is CCCSc1nnc(NC(=O)C2CCCCC2)s1. The Hall–Kier alpha value is -0.620. The lowest BCUT2D eigenvalue weighted by Crippen LogP contribution is -2.24. The van der Waals surface area contributed by atoms with Gasteiger partial charge in [-0.2, -0.15) is 0 Å². The number of nitrogens with zero attached hydrogens (tertiary/aromatic N) is 2. The van der Waals surface area contributed by atoms with E-state index in [2.05, 4.69) is 22.4 Å². The van der Waals surface area contributed by atoms with Gasteiger partial charge >= 0.3 is 0 Å². The molecule has 0 spiro atoms. The van der Waals surface area contributed by atoms with Gasteiger partial charge < -0.3 is 5.32 Å². The highest BCUT2D eigenvalue weighted by molar-refractivity contribution is 8.01. The number of hydrogen-bond donors (Lipinski definition) is 1. The minimum absolute atomic E-state index is 0.123. The van der Waals surface area contributed by atoms with Crippen molar-refractivity contribution in [2.75, 3.05) is 11.1 Å². The van der Waals surface area contributed by atoms with Crippen LogP contribution in [-0.4, -0.2) is 21.9 Å². The fourth-order valence-corrected chi connectivity index (χ4v) is 3.76. The van der Waals surface area contributed by atoms with Crippen molar-refractivity contribution in [1.29, 1.82) is 0 Å². The summed E-state index contributed by atoms with van der Waals surface area (Å²) in [6.45, 7) is 2.14. The molecule has 1 fully saturated rings. The van der Waals surface area contributed by atoms with Crippen LogP contribution in [0.2, 0.25) is 0 Å². The standard InChI is InChI=1S/C12H19N3OS2/c1-2-8-17-12-15-14-11(18-12)13-10(16)9-6-4-3-5-7-9/h9H,2-8H2,1H3,(H,13,14,16). The van der Waals surface area contributed by atoms with Crippen LogP contribution in [0.4, 0.5) is 5.13 Å². The third-order valence-electron chi connectivity index (χ3n) is 3.04. The van der Waals surface area contributed by atoms with Gasteiger partial charge in [0, 0.05) is 11.7 Å². The molecule has 1 saturated carbocycles. The molecule has 1 aliphatic rings. The van der Waals surface area contributed by atoms with Crippen molar-refractivity contribution in [3.8, 4) is 0 Å². The number of nitrogens with one attached hydrogen (secondary N) is 1. The van der Waals surface area contributed by atoms with Gasteiger partial charge in [0.25, 0.3) is 0 Å². The van der Waals surface area contributed by atoms with Crippen LogP contribution in [0.25, 0.3) is 0 Å². The molecule has 1 N–H and O–H groups in total. The van der Waals surface area contributed by atoms with Gasteiger partial charge in [-0.3, -0.25) is 4.79 Å². The minimum Gasteiger partial charge on any atom is -0.300 e. The van der Waals surface area contributed by atoms with Crippen LogP contribution in [0, 0.1) is 5.92 Å². The molecule has 0 radical (unpaired) electrons. The summed E-state index contributed by atoms with van der Waals surface area (Å²) >= 11 is 3.17. The molecular weight excluding hydrogens is 266 g/mol. The maximum absolute atomic E-state index is 12.0. The van der Waals surface area contributed by atoms with Gasteiger partial charge in [-0.05, 0) is 19.3 Å². The minimum atomic E-state index is 0.123. The molecule has 1 aromatic heterocycles. The largest absolute Gasteiger partial charge is 0.300 e. The maximum atomic E-state index is 12.0. The number of anilines is 1. The van der Waals surface area contributed by atoms with Gasteiger partial charge in [0.05, 0.1) is 0 Å². The smallest absolute Gasteiger partial charge is 0.229 e. The Morgan fingerprint density at radius 3 is 2.89 bits per heavy atom. The molecule has 4 nitrogen and oxygen atoms in total. The summed E-state index contributed by atoms with van der Waals surface area (Å²) in [5.41, 5.74) is 0. The van der Waals surface area contributed by atoms with E-state index in [1.807, 2.05) is 0 Å². The summed E-state index contributed by atoms with van der Waals surface area (Å²) in [5, 5.41) is 11.6. The number of aromatic nitrogens is 2. The molecule has 1 amide bonds. The first-order chi connectivity index (χ1) is 8.79. The summed E-state index contributed by atoms with van der Waals surface area (Å²) in [5.74, 6) is 1.35. The van der Waals surface area contributed by atoms with Crippen LogP contribution in [0.15, 0.2) is 4.34 Å². The fraction of sp³-hybridized carbons (Fsp3) is 0.750. The van der Waals surface area contributed by atoms with Crippen molar-refractivity contribution < 1.29 is 4.79 Å². The Labute approximate surface area is 116 Å². The monoisotopic (exact) mass is 285 g/mol. The number of amides is 1. The zero-order chi connectivity index (χ0) is 12.8. The van der Waals surface area contributed by atoms with Gasteiger partial charge in [0.2, 0.25) is 11.0 Å². The first kappa shape index (κ1) is 13.8. The lowest BCUT2D eigenvalue weighted by atomic mass is 9.89. The molecule has 1 heterocycles. The van der Waals surface area contributed by atoms with Crippen molar-refractivity contribution in [2.45, 2.75) is 49.8 Å². The van der Waals surface area contributed by atoms with Gasteiger partial charge in [-0.15, -0.1) is 10.2 Å². The second-order valence-corrected chi connectivity index (χ2v) is 6.87. The Morgan fingerprint density at radius 2 is 2.17 bits per heavy atom. The first-order valence-electron chi connectivity index (χ1n) is 6.56. The third kappa shape index (κ3) is 3.95. The van der Waals surface area contributed by atoms with Crippen LogP contribution in [0.3, 0.4) is 0 Å². The van der Waals surface area contributed by atoms with Crippen molar-refractivity contribution in [3.05, 3.63) is 0 Å². The molecule has 18 heavy (non-hydrogen) atoms. The Balaban J connectivity index is 1.84. The molecule has 0 bridgehead atoms. The third-order valence-corrected chi connectivity index (χ3v) is 5.22. The van der Waals surface area contributed by atoms with Crippen LogP contribution >= 0.6 is 23.1 Å². The van der Waals surface area contributed by atoms with E-state index in [1.165, 1.54) is 30.6 Å². The molecule has 0 atom stereocenters. The summed E-state index contributed by atoms with van der Waals surface area (Å²) in [7, 11) is 0. The van der Waals surface area contributed by atoms with E-state index >= 15 is 0 Å². The molecule has 0 unspecified atom stereocenters. The van der Waals surface area contributed by atoms with Crippen LogP contribution in [0.5, 0.6) is 0 Å². The average molecular weight is 285 g/mol. The topological polar surface area (TPSA) is 54.9 Å². The van der Waals surface area contributed by atoms with Crippen molar-refractivity contribution in [3.63, 3.8) is 0 Å². The summed E-state index contributed by atoms with van der Waals surface area (Å²) in [6, 6.07) is 0. The number of rotatable bonds is 5. The van der Waals surface area contributed by atoms with Gasteiger partial charge in [0.15, 0.2) is 4.34 Å². The lowest BCUT2D eigenvalue weighted by Gasteiger charge is -2.19.